The lowest BCUT2D eigenvalue weighted by Gasteiger charge is -2.30. The molecule has 0 aliphatic heterocycles. The summed E-state index contributed by atoms with van der Waals surface area (Å²) < 4.78 is 5.40. The lowest BCUT2D eigenvalue weighted by molar-refractivity contribution is -0.140. The molecule has 0 aliphatic carbocycles. The van der Waals surface area contributed by atoms with Crippen LogP contribution in [0.1, 0.15) is 13.8 Å². The molecular formula is C11H26N2O3Si2. The van der Waals surface area contributed by atoms with Crippen molar-refractivity contribution in [1.29, 1.82) is 0 Å². The summed E-state index contributed by atoms with van der Waals surface area (Å²) >= 11 is 0. The first-order chi connectivity index (χ1) is 7.73. The minimum absolute atomic E-state index is 0.313. The highest BCUT2D eigenvalue weighted by atomic mass is 28.4. The van der Waals surface area contributed by atoms with Gasteiger partial charge >= 0.3 is 12.0 Å². The van der Waals surface area contributed by atoms with E-state index in [2.05, 4.69) is 10.3 Å². The molecule has 2 amide bonds. The van der Waals surface area contributed by atoms with Crippen molar-refractivity contribution in [2.24, 2.45) is 0 Å². The second kappa shape index (κ2) is 5.44. The fraction of sp³-hybridized carbons (Fsp3) is 0.818. The van der Waals surface area contributed by atoms with Crippen molar-refractivity contribution < 1.29 is 14.0 Å². The molecule has 0 radical (unpaired) electrons. The summed E-state index contributed by atoms with van der Waals surface area (Å²) in [6.45, 7) is 15.1. The van der Waals surface area contributed by atoms with Crippen molar-refractivity contribution in [2.75, 3.05) is 0 Å². The number of carbonyl (C=O) groups excluding carboxylic acids is 2. The van der Waals surface area contributed by atoms with Gasteiger partial charge in [-0.25, -0.2) is 4.79 Å². The lowest BCUT2D eigenvalue weighted by atomic mass is 10.1. The van der Waals surface area contributed by atoms with Crippen molar-refractivity contribution >= 4 is 28.6 Å². The third-order valence-electron chi connectivity index (χ3n) is 1.82. The largest absolute Gasteiger partial charge is 0.518 e. The third-order valence-corrected chi connectivity index (χ3v) is 3.60. The number of carbonyl (C=O) groups is 2. The monoisotopic (exact) mass is 290 g/mol. The average Bonchev–Trinajstić information content (AvgIpc) is 1.94. The zero-order valence-corrected chi connectivity index (χ0v) is 14.7. The summed E-state index contributed by atoms with van der Waals surface area (Å²) in [7, 11) is -3.65. The molecule has 0 aromatic rings. The van der Waals surface area contributed by atoms with Crippen molar-refractivity contribution in [3.8, 4) is 0 Å². The zero-order valence-electron chi connectivity index (χ0n) is 12.7. The standard InChI is InChI=1S/C11H26N2O3Si2/c1-11(2,9(14)16-18(6,7)8)12-10(15)13-17(3,4)5/h1-8H3,(H2,12,13,15). The molecule has 0 unspecified atom stereocenters. The Kier molecular flexibility index (Phi) is 5.19. The van der Waals surface area contributed by atoms with Crippen LogP contribution in [0.25, 0.3) is 0 Å². The van der Waals surface area contributed by atoms with Gasteiger partial charge in [0.15, 0.2) is 0 Å². The molecule has 0 aromatic heterocycles. The van der Waals surface area contributed by atoms with Crippen LogP contribution in [-0.4, -0.2) is 34.1 Å². The fourth-order valence-electron chi connectivity index (χ4n) is 1.11. The maximum Gasteiger partial charge on any atom is 0.318 e. The molecule has 7 heteroatoms. The number of urea groups is 1. The van der Waals surface area contributed by atoms with Crippen LogP contribution >= 0.6 is 0 Å². The highest BCUT2D eigenvalue weighted by Gasteiger charge is 2.35. The molecule has 5 nitrogen and oxygen atoms in total. The first kappa shape index (κ1) is 17.2. The molecule has 0 aromatic carbocycles. The number of hydrogen-bond acceptors (Lipinski definition) is 3. The number of amides is 2. The molecule has 0 atom stereocenters. The Labute approximate surface area is 112 Å². The Bertz CT molecular complexity index is 330. The van der Waals surface area contributed by atoms with Gasteiger partial charge in [-0.05, 0) is 33.5 Å². The summed E-state index contributed by atoms with van der Waals surface area (Å²) in [5.74, 6) is -0.382. The fourth-order valence-corrected chi connectivity index (χ4v) is 2.67. The topological polar surface area (TPSA) is 67.4 Å². The van der Waals surface area contributed by atoms with E-state index in [1.165, 1.54) is 0 Å². The van der Waals surface area contributed by atoms with Gasteiger partial charge in [-0.1, -0.05) is 19.6 Å². The van der Waals surface area contributed by atoms with E-state index in [0.29, 0.717) is 0 Å². The zero-order chi connectivity index (χ0) is 14.8. The van der Waals surface area contributed by atoms with Crippen LogP contribution in [0.15, 0.2) is 0 Å². The molecule has 2 N–H and O–H groups in total. The highest BCUT2D eigenvalue weighted by molar-refractivity contribution is 6.75. The van der Waals surface area contributed by atoms with Gasteiger partial charge in [0.05, 0.1) is 0 Å². The number of hydrogen-bond donors (Lipinski definition) is 2. The van der Waals surface area contributed by atoms with Crippen molar-refractivity contribution in [2.45, 2.75) is 58.7 Å². The molecule has 0 rings (SSSR count). The highest BCUT2D eigenvalue weighted by Crippen LogP contribution is 2.11. The minimum Gasteiger partial charge on any atom is -0.518 e. The predicted molar refractivity (Wildman–Crippen MR) is 78.5 cm³/mol. The van der Waals surface area contributed by atoms with Crippen LogP contribution in [0.4, 0.5) is 4.79 Å². The Morgan fingerprint density at radius 3 is 1.78 bits per heavy atom. The summed E-state index contributed by atoms with van der Waals surface area (Å²) in [6, 6.07) is -0.313. The predicted octanol–water partition coefficient (Wildman–Crippen LogP) is 2.28. The van der Waals surface area contributed by atoms with Gasteiger partial charge in [-0.15, -0.1) is 0 Å². The van der Waals surface area contributed by atoms with E-state index in [4.69, 9.17) is 4.43 Å². The molecule has 0 bridgehead atoms. The van der Waals surface area contributed by atoms with Crippen LogP contribution in [0.2, 0.25) is 39.3 Å². The molecular weight excluding hydrogens is 264 g/mol. The maximum atomic E-state index is 12.0. The molecule has 0 heterocycles. The summed E-state index contributed by atoms with van der Waals surface area (Å²) in [4.78, 5) is 26.6. The molecule has 0 saturated heterocycles. The second-order valence-corrected chi connectivity index (χ2v) is 16.1. The smallest absolute Gasteiger partial charge is 0.318 e. The average molecular weight is 291 g/mol. The SMILES string of the molecule is CC(C)(NC(=O)N[Si](C)(C)C)C(=O)O[Si](C)(C)C. The third kappa shape index (κ3) is 7.49. The molecule has 106 valence electrons. The Balaban J connectivity index is 4.56. The molecule has 0 aliphatic rings. The summed E-state index contributed by atoms with van der Waals surface area (Å²) in [5, 5.41) is 2.67. The molecule has 0 fully saturated rings. The number of nitrogens with one attached hydrogen (secondary N) is 2. The van der Waals surface area contributed by atoms with Gasteiger partial charge in [-0.3, -0.25) is 4.79 Å². The summed E-state index contributed by atoms with van der Waals surface area (Å²) in [5.41, 5.74) is -1.01. The van der Waals surface area contributed by atoms with E-state index < -0.39 is 22.1 Å². The first-order valence-corrected chi connectivity index (χ1v) is 13.0. The van der Waals surface area contributed by atoms with E-state index in [-0.39, 0.29) is 12.0 Å². The van der Waals surface area contributed by atoms with Crippen molar-refractivity contribution in [3.63, 3.8) is 0 Å². The minimum atomic E-state index is -1.94. The van der Waals surface area contributed by atoms with Gasteiger partial charge in [0, 0.05) is 0 Å². The van der Waals surface area contributed by atoms with Gasteiger partial charge < -0.3 is 14.7 Å². The van der Waals surface area contributed by atoms with Crippen molar-refractivity contribution in [3.05, 3.63) is 0 Å². The molecule has 0 saturated carbocycles. The van der Waals surface area contributed by atoms with Crippen LogP contribution < -0.4 is 10.3 Å². The van der Waals surface area contributed by atoms with Crippen LogP contribution in [0.3, 0.4) is 0 Å². The van der Waals surface area contributed by atoms with E-state index in [1.54, 1.807) is 13.8 Å². The Hall–Kier alpha value is -0.826. The van der Waals surface area contributed by atoms with Gasteiger partial charge in [0.2, 0.25) is 8.32 Å². The summed E-state index contributed by atoms with van der Waals surface area (Å²) in [6.07, 6.45) is 0. The normalized spacial score (nSPS) is 12.9. The van der Waals surface area contributed by atoms with E-state index in [9.17, 15) is 9.59 Å². The van der Waals surface area contributed by atoms with E-state index in [1.807, 2.05) is 39.3 Å². The van der Waals surface area contributed by atoms with Crippen molar-refractivity contribution in [1.82, 2.24) is 10.3 Å². The van der Waals surface area contributed by atoms with Gasteiger partial charge in [0.1, 0.15) is 13.8 Å². The Morgan fingerprint density at radius 1 is 1.00 bits per heavy atom. The van der Waals surface area contributed by atoms with E-state index in [0.717, 1.165) is 0 Å². The molecule has 0 spiro atoms. The van der Waals surface area contributed by atoms with Gasteiger partial charge in [-0.2, -0.15) is 0 Å². The van der Waals surface area contributed by atoms with Crippen LogP contribution in [-0.2, 0) is 9.22 Å². The Morgan fingerprint density at radius 2 is 1.44 bits per heavy atom. The van der Waals surface area contributed by atoms with Crippen LogP contribution in [0, 0.1) is 0 Å². The maximum absolute atomic E-state index is 12.0. The first-order valence-electron chi connectivity index (χ1n) is 6.07. The van der Waals surface area contributed by atoms with Crippen LogP contribution in [0.5, 0.6) is 0 Å². The molecule has 18 heavy (non-hydrogen) atoms. The van der Waals surface area contributed by atoms with Gasteiger partial charge in [0.25, 0.3) is 0 Å². The van der Waals surface area contributed by atoms with E-state index >= 15 is 0 Å². The number of rotatable bonds is 4. The lowest BCUT2D eigenvalue weighted by Crippen LogP contribution is -2.59. The quantitative estimate of drug-likeness (QED) is 0.781. The second-order valence-electron chi connectivity index (χ2n) is 6.96.